The normalized spacial score (nSPS) is 18.5. The minimum absolute atomic E-state index is 0.000669. The van der Waals surface area contributed by atoms with Crippen molar-refractivity contribution in [2.24, 2.45) is 0 Å². The second-order valence-corrected chi connectivity index (χ2v) is 5.08. The molecule has 1 fully saturated rings. The standard InChI is InChI=1S/C13H16ClNO2/c1-9(16)8-15-12(17)13(6-7-13)10-2-4-11(14)5-3-10/h2-5,9,16H,6-8H2,1H3,(H,15,17). The van der Waals surface area contributed by atoms with Crippen molar-refractivity contribution in [1.29, 1.82) is 0 Å². The van der Waals surface area contributed by atoms with Crippen molar-refractivity contribution in [1.82, 2.24) is 5.32 Å². The first-order chi connectivity index (χ1) is 8.04. The van der Waals surface area contributed by atoms with Gasteiger partial charge in [0.15, 0.2) is 0 Å². The molecule has 0 spiro atoms. The number of carbonyl (C=O) groups is 1. The summed E-state index contributed by atoms with van der Waals surface area (Å²) in [5.41, 5.74) is 0.615. The first-order valence-corrected chi connectivity index (χ1v) is 6.15. The number of nitrogens with one attached hydrogen (secondary N) is 1. The molecule has 2 N–H and O–H groups in total. The van der Waals surface area contributed by atoms with Gasteiger partial charge in [0.25, 0.3) is 0 Å². The van der Waals surface area contributed by atoms with E-state index in [9.17, 15) is 4.79 Å². The van der Waals surface area contributed by atoms with Crippen LogP contribution >= 0.6 is 11.6 Å². The van der Waals surface area contributed by atoms with Crippen LogP contribution in [-0.4, -0.2) is 23.7 Å². The van der Waals surface area contributed by atoms with Gasteiger partial charge in [-0.15, -0.1) is 0 Å². The zero-order valence-corrected chi connectivity index (χ0v) is 10.5. The summed E-state index contributed by atoms with van der Waals surface area (Å²) < 4.78 is 0. The van der Waals surface area contributed by atoms with Crippen molar-refractivity contribution < 1.29 is 9.90 Å². The lowest BCUT2D eigenvalue weighted by atomic mass is 9.95. The molecule has 0 bridgehead atoms. The molecule has 17 heavy (non-hydrogen) atoms. The lowest BCUT2D eigenvalue weighted by molar-refractivity contribution is -0.124. The number of carbonyl (C=O) groups excluding carboxylic acids is 1. The van der Waals surface area contributed by atoms with E-state index in [1.165, 1.54) is 0 Å². The molecule has 1 aromatic rings. The fourth-order valence-electron chi connectivity index (χ4n) is 1.95. The van der Waals surface area contributed by atoms with Crippen molar-refractivity contribution in [3.8, 4) is 0 Å². The molecule has 1 aromatic carbocycles. The summed E-state index contributed by atoms with van der Waals surface area (Å²) >= 11 is 5.83. The minimum Gasteiger partial charge on any atom is -0.392 e. The Hall–Kier alpha value is -1.06. The summed E-state index contributed by atoms with van der Waals surface area (Å²) in [5.74, 6) is 0.000669. The number of hydrogen-bond acceptors (Lipinski definition) is 2. The molecule has 0 saturated heterocycles. The topological polar surface area (TPSA) is 49.3 Å². The van der Waals surface area contributed by atoms with Crippen LogP contribution < -0.4 is 5.32 Å². The number of amides is 1. The molecule has 0 aliphatic heterocycles. The molecule has 1 saturated carbocycles. The van der Waals surface area contributed by atoms with Crippen LogP contribution in [0.2, 0.25) is 5.02 Å². The van der Waals surface area contributed by atoms with E-state index in [-0.39, 0.29) is 11.3 Å². The van der Waals surface area contributed by atoms with Crippen LogP contribution in [-0.2, 0) is 10.2 Å². The van der Waals surface area contributed by atoms with Crippen molar-refractivity contribution >= 4 is 17.5 Å². The Kier molecular flexibility index (Phi) is 3.40. The Morgan fingerprint density at radius 3 is 2.53 bits per heavy atom. The van der Waals surface area contributed by atoms with E-state index < -0.39 is 6.10 Å². The molecule has 1 aliphatic carbocycles. The fourth-order valence-corrected chi connectivity index (χ4v) is 2.08. The zero-order chi connectivity index (χ0) is 12.5. The third-order valence-corrected chi connectivity index (χ3v) is 3.39. The van der Waals surface area contributed by atoms with Crippen LogP contribution in [0.3, 0.4) is 0 Å². The summed E-state index contributed by atoms with van der Waals surface area (Å²) in [5, 5.41) is 12.6. The Morgan fingerprint density at radius 2 is 2.06 bits per heavy atom. The fraction of sp³-hybridized carbons (Fsp3) is 0.462. The Bertz CT molecular complexity index is 410. The summed E-state index contributed by atoms with van der Waals surface area (Å²) in [6, 6.07) is 7.41. The van der Waals surface area contributed by atoms with Gasteiger partial charge in [-0.1, -0.05) is 23.7 Å². The maximum atomic E-state index is 12.1. The maximum Gasteiger partial charge on any atom is 0.230 e. The third kappa shape index (κ3) is 2.61. The highest BCUT2D eigenvalue weighted by Crippen LogP contribution is 2.48. The van der Waals surface area contributed by atoms with E-state index >= 15 is 0 Å². The molecule has 0 aromatic heterocycles. The van der Waals surface area contributed by atoms with Crippen LogP contribution in [0.1, 0.15) is 25.3 Å². The van der Waals surface area contributed by atoms with Gasteiger partial charge in [0.2, 0.25) is 5.91 Å². The van der Waals surface area contributed by atoms with Crippen molar-refractivity contribution in [2.45, 2.75) is 31.3 Å². The summed E-state index contributed by atoms with van der Waals surface area (Å²) in [7, 11) is 0. The highest BCUT2D eigenvalue weighted by molar-refractivity contribution is 6.30. The average molecular weight is 254 g/mol. The predicted octanol–water partition coefficient (Wildman–Crippen LogP) is 1.87. The number of benzene rings is 1. The van der Waals surface area contributed by atoms with Crippen molar-refractivity contribution in [3.05, 3.63) is 34.9 Å². The lowest BCUT2D eigenvalue weighted by Crippen LogP contribution is -2.38. The highest BCUT2D eigenvalue weighted by Gasteiger charge is 2.51. The van der Waals surface area contributed by atoms with E-state index in [2.05, 4.69) is 5.32 Å². The van der Waals surface area contributed by atoms with E-state index in [1.807, 2.05) is 12.1 Å². The quantitative estimate of drug-likeness (QED) is 0.861. The number of aliphatic hydroxyl groups excluding tert-OH is 1. The molecule has 3 nitrogen and oxygen atoms in total. The summed E-state index contributed by atoms with van der Waals surface area (Å²) in [4.78, 5) is 12.1. The van der Waals surface area contributed by atoms with Gasteiger partial charge in [0, 0.05) is 11.6 Å². The van der Waals surface area contributed by atoms with Gasteiger partial charge in [-0.25, -0.2) is 0 Å². The Balaban J connectivity index is 2.08. The van der Waals surface area contributed by atoms with Crippen LogP contribution in [0, 0.1) is 0 Å². The van der Waals surface area contributed by atoms with Gasteiger partial charge >= 0.3 is 0 Å². The number of aliphatic hydroxyl groups is 1. The molecule has 92 valence electrons. The molecule has 4 heteroatoms. The van der Waals surface area contributed by atoms with Gasteiger partial charge in [-0.05, 0) is 37.5 Å². The monoisotopic (exact) mass is 253 g/mol. The Labute approximate surface area is 106 Å². The smallest absolute Gasteiger partial charge is 0.230 e. The van der Waals surface area contributed by atoms with Gasteiger partial charge < -0.3 is 10.4 Å². The minimum atomic E-state index is -0.514. The van der Waals surface area contributed by atoms with Crippen molar-refractivity contribution in [3.63, 3.8) is 0 Å². The number of hydrogen-bond donors (Lipinski definition) is 2. The molecule has 1 amide bonds. The molecule has 0 radical (unpaired) electrons. The van der Waals surface area contributed by atoms with Gasteiger partial charge in [-0.2, -0.15) is 0 Å². The molecular formula is C13H16ClNO2. The van der Waals surface area contributed by atoms with Crippen LogP contribution in [0.25, 0.3) is 0 Å². The second kappa shape index (κ2) is 4.67. The number of rotatable bonds is 4. The van der Waals surface area contributed by atoms with Crippen LogP contribution in [0.4, 0.5) is 0 Å². The summed E-state index contributed by atoms with van der Waals surface area (Å²) in [6.07, 6.45) is 1.21. The second-order valence-electron chi connectivity index (χ2n) is 4.65. The molecule has 0 heterocycles. The van der Waals surface area contributed by atoms with Gasteiger partial charge in [0.1, 0.15) is 0 Å². The highest BCUT2D eigenvalue weighted by atomic mass is 35.5. The van der Waals surface area contributed by atoms with Crippen LogP contribution in [0.5, 0.6) is 0 Å². The van der Waals surface area contributed by atoms with Crippen molar-refractivity contribution in [2.75, 3.05) is 6.54 Å². The van der Waals surface area contributed by atoms with Gasteiger partial charge in [0.05, 0.1) is 11.5 Å². The molecule has 2 rings (SSSR count). The average Bonchev–Trinajstić information content (AvgIpc) is 3.08. The molecular weight excluding hydrogens is 238 g/mol. The predicted molar refractivity (Wildman–Crippen MR) is 67.1 cm³/mol. The molecule has 1 unspecified atom stereocenters. The SMILES string of the molecule is CC(O)CNC(=O)C1(c2ccc(Cl)cc2)CC1. The van der Waals surface area contributed by atoms with E-state index in [0.717, 1.165) is 18.4 Å². The largest absolute Gasteiger partial charge is 0.392 e. The lowest BCUT2D eigenvalue weighted by Gasteiger charge is -2.16. The first kappa shape index (κ1) is 12.4. The Morgan fingerprint density at radius 1 is 1.47 bits per heavy atom. The maximum absolute atomic E-state index is 12.1. The van der Waals surface area contributed by atoms with E-state index in [4.69, 9.17) is 16.7 Å². The van der Waals surface area contributed by atoms with Gasteiger partial charge in [-0.3, -0.25) is 4.79 Å². The van der Waals surface area contributed by atoms with E-state index in [1.54, 1.807) is 19.1 Å². The number of halogens is 1. The molecule has 1 atom stereocenters. The first-order valence-electron chi connectivity index (χ1n) is 5.77. The third-order valence-electron chi connectivity index (χ3n) is 3.14. The van der Waals surface area contributed by atoms with E-state index in [0.29, 0.717) is 11.6 Å². The van der Waals surface area contributed by atoms with Crippen LogP contribution in [0.15, 0.2) is 24.3 Å². The zero-order valence-electron chi connectivity index (χ0n) is 9.74. The summed E-state index contributed by atoms with van der Waals surface area (Å²) in [6.45, 7) is 1.95. The molecule has 1 aliphatic rings.